The van der Waals surface area contributed by atoms with Crippen LogP contribution in [0.15, 0.2) is 18.5 Å². The third-order valence-electron chi connectivity index (χ3n) is 2.95. The Bertz CT molecular complexity index is 695. The molecule has 0 saturated heterocycles. The minimum Gasteiger partial charge on any atom is -0.478 e. The summed E-state index contributed by atoms with van der Waals surface area (Å²) in [6.45, 7) is 5.09. The molecule has 0 aliphatic rings. The van der Waals surface area contributed by atoms with E-state index in [0.29, 0.717) is 12.2 Å². The lowest BCUT2D eigenvalue weighted by Crippen LogP contribution is -2.04. The molecule has 2 aromatic heterocycles. The molecule has 2 rings (SSSR count). The topological polar surface area (TPSA) is 141 Å². The Hall–Kier alpha value is -2.97. The van der Waals surface area contributed by atoms with Crippen LogP contribution >= 0.6 is 0 Å². The van der Waals surface area contributed by atoms with Crippen molar-refractivity contribution in [3.05, 3.63) is 24.2 Å². The quantitative estimate of drug-likeness (QED) is 0.444. The minimum absolute atomic E-state index is 0.558. The van der Waals surface area contributed by atoms with Gasteiger partial charge in [0.05, 0.1) is 5.69 Å². The lowest BCUT2D eigenvalue weighted by atomic mass is 10.2. The first-order valence-electron chi connectivity index (χ1n) is 7.49. The van der Waals surface area contributed by atoms with Gasteiger partial charge in [0.15, 0.2) is 11.3 Å². The number of anilines is 1. The summed E-state index contributed by atoms with van der Waals surface area (Å²) >= 11 is 0. The van der Waals surface area contributed by atoms with Crippen LogP contribution in [0.5, 0.6) is 0 Å². The first kappa shape index (κ1) is 19.1. The van der Waals surface area contributed by atoms with Crippen LogP contribution in [0.2, 0.25) is 0 Å². The Morgan fingerprint density at radius 1 is 1.17 bits per heavy atom. The molecule has 0 aliphatic carbocycles. The zero-order valence-corrected chi connectivity index (χ0v) is 13.6. The summed E-state index contributed by atoms with van der Waals surface area (Å²) in [7, 11) is 0. The summed E-state index contributed by atoms with van der Waals surface area (Å²) in [5.74, 6) is -1.69. The number of aromatic nitrogens is 4. The fourth-order valence-electron chi connectivity index (χ4n) is 1.81. The number of aliphatic carboxylic acids is 2. The van der Waals surface area contributed by atoms with Crippen molar-refractivity contribution in [1.29, 1.82) is 0 Å². The van der Waals surface area contributed by atoms with Crippen molar-refractivity contribution in [2.45, 2.75) is 33.1 Å². The molecule has 24 heavy (non-hydrogen) atoms. The van der Waals surface area contributed by atoms with E-state index < -0.39 is 11.9 Å². The highest BCUT2D eigenvalue weighted by Crippen LogP contribution is 2.18. The van der Waals surface area contributed by atoms with Gasteiger partial charge in [-0.3, -0.25) is 5.10 Å². The fraction of sp³-hybridized carbons (Fsp3) is 0.400. The van der Waals surface area contributed by atoms with E-state index >= 15 is 0 Å². The molecule has 2 aromatic rings. The standard InChI is InChI=1S/C11H17N5.C4H4O4/c1-3-4-5-6-12-11-10-9(13-7-14-11)8(2)15-16-10;5-3(6)1-2-4(7)8/h7H,3-6H2,1-2H3,(H,15,16)(H,12,13,14);1-2H,(H,5,6)(H,7,8)/b;2-1-. The normalized spacial score (nSPS) is 10.4. The molecule has 2 heterocycles. The molecule has 0 atom stereocenters. The molecule has 0 spiro atoms. The third kappa shape index (κ3) is 6.42. The second-order valence-electron chi connectivity index (χ2n) is 4.91. The molecular weight excluding hydrogens is 314 g/mol. The first-order valence-corrected chi connectivity index (χ1v) is 7.49. The monoisotopic (exact) mass is 335 g/mol. The van der Waals surface area contributed by atoms with Crippen LogP contribution in [0.1, 0.15) is 31.9 Å². The van der Waals surface area contributed by atoms with Gasteiger partial charge in [0.1, 0.15) is 11.8 Å². The van der Waals surface area contributed by atoms with E-state index in [2.05, 4.69) is 32.4 Å². The van der Waals surface area contributed by atoms with Gasteiger partial charge >= 0.3 is 11.9 Å². The van der Waals surface area contributed by atoms with E-state index in [0.717, 1.165) is 35.5 Å². The number of nitrogens with one attached hydrogen (secondary N) is 2. The number of fused-ring (bicyclic) bond motifs is 1. The van der Waals surface area contributed by atoms with Crippen LogP contribution < -0.4 is 5.32 Å². The highest BCUT2D eigenvalue weighted by atomic mass is 16.4. The number of aryl methyl sites for hydroxylation is 1. The zero-order chi connectivity index (χ0) is 17.9. The van der Waals surface area contributed by atoms with E-state index in [1.54, 1.807) is 6.33 Å². The number of H-pyrrole nitrogens is 1. The highest BCUT2D eigenvalue weighted by Gasteiger charge is 2.08. The van der Waals surface area contributed by atoms with Gasteiger partial charge in [-0.15, -0.1) is 0 Å². The Morgan fingerprint density at radius 3 is 2.42 bits per heavy atom. The highest BCUT2D eigenvalue weighted by molar-refractivity contribution is 5.89. The van der Waals surface area contributed by atoms with Gasteiger partial charge in [-0.2, -0.15) is 5.10 Å². The summed E-state index contributed by atoms with van der Waals surface area (Å²) in [4.78, 5) is 27.5. The second kappa shape index (κ2) is 9.93. The molecule has 130 valence electrons. The molecule has 4 N–H and O–H groups in total. The van der Waals surface area contributed by atoms with Gasteiger partial charge < -0.3 is 15.5 Å². The van der Waals surface area contributed by atoms with E-state index in [-0.39, 0.29) is 0 Å². The predicted molar refractivity (Wildman–Crippen MR) is 88.8 cm³/mol. The van der Waals surface area contributed by atoms with Gasteiger partial charge in [-0.05, 0) is 13.3 Å². The molecule has 0 unspecified atom stereocenters. The Kier molecular flexibility index (Phi) is 7.89. The van der Waals surface area contributed by atoms with E-state index in [9.17, 15) is 9.59 Å². The van der Waals surface area contributed by atoms with Gasteiger partial charge in [0.25, 0.3) is 0 Å². The van der Waals surface area contributed by atoms with E-state index in [1.165, 1.54) is 12.8 Å². The molecular formula is C15H21N5O4. The number of nitrogens with zero attached hydrogens (tertiary/aromatic N) is 3. The molecule has 0 fully saturated rings. The fourth-order valence-corrected chi connectivity index (χ4v) is 1.81. The largest absolute Gasteiger partial charge is 0.478 e. The van der Waals surface area contributed by atoms with Crippen molar-refractivity contribution >= 4 is 28.8 Å². The molecule has 9 nitrogen and oxygen atoms in total. The minimum atomic E-state index is -1.26. The maximum atomic E-state index is 9.55. The number of carbonyl (C=O) groups is 2. The maximum Gasteiger partial charge on any atom is 0.328 e. The van der Waals surface area contributed by atoms with E-state index in [1.807, 2.05) is 6.92 Å². The van der Waals surface area contributed by atoms with E-state index in [4.69, 9.17) is 10.2 Å². The molecule has 9 heteroatoms. The molecule has 0 aliphatic heterocycles. The van der Waals surface area contributed by atoms with Crippen molar-refractivity contribution in [1.82, 2.24) is 20.2 Å². The van der Waals surface area contributed by atoms with Crippen molar-refractivity contribution in [2.75, 3.05) is 11.9 Å². The van der Waals surface area contributed by atoms with Crippen LogP contribution in [-0.4, -0.2) is 48.9 Å². The number of carboxylic acids is 2. The average Bonchev–Trinajstić information content (AvgIpc) is 2.92. The first-order chi connectivity index (χ1) is 11.5. The van der Waals surface area contributed by atoms with Gasteiger partial charge in [-0.25, -0.2) is 19.6 Å². The Morgan fingerprint density at radius 2 is 1.83 bits per heavy atom. The zero-order valence-electron chi connectivity index (χ0n) is 13.6. The summed E-state index contributed by atoms with van der Waals surface area (Å²) < 4.78 is 0. The van der Waals surface area contributed by atoms with Crippen LogP contribution in [0.3, 0.4) is 0 Å². The Labute approximate surface area is 138 Å². The van der Waals surface area contributed by atoms with Crippen molar-refractivity contribution in [3.63, 3.8) is 0 Å². The Balaban J connectivity index is 0.000000307. The number of aromatic amines is 1. The van der Waals surface area contributed by atoms with Crippen molar-refractivity contribution in [2.24, 2.45) is 0 Å². The number of hydrogen-bond donors (Lipinski definition) is 4. The average molecular weight is 335 g/mol. The molecule has 0 aromatic carbocycles. The lowest BCUT2D eigenvalue weighted by Gasteiger charge is -2.04. The molecule has 0 radical (unpaired) electrons. The summed E-state index contributed by atoms with van der Waals surface area (Å²) in [5, 5.41) is 26.1. The van der Waals surface area contributed by atoms with Gasteiger partial charge in [0, 0.05) is 18.7 Å². The maximum absolute atomic E-state index is 9.55. The lowest BCUT2D eigenvalue weighted by molar-refractivity contribution is -0.134. The SMILES string of the molecule is CCCCCNc1ncnc2c(C)[nH]nc12.O=C(O)/C=C\C(=O)O. The van der Waals surface area contributed by atoms with Crippen LogP contribution in [-0.2, 0) is 9.59 Å². The number of carboxylic acid groups (broad SMARTS) is 2. The summed E-state index contributed by atoms with van der Waals surface area (Å²) in [6, 6.07) is 0. The number of hydrogen-bond acceptors (Lipinski definition) is 6. The third-order valence-corrected chi connectivity index (χ3v) is 2.95. The van der Waals surface area contributed by atoms with Crippen LogP contribution in [0.25, 0.3) is 11.0 Å². The van der Waals surface area contributed by atoms with Crippen LogP contribution in [0.4, 0.5) is 5.82 Å². The summed E-state index contributed by atoms with van der Waals surface area (Å²) in [6.07, 6.45) is 6.31. The molecule has 0 bridgehead atoms. The summed E-state index contributed by atoms with van der Waals surface area (Å²) in [5.41, 5.74) is 2.71. The molecule has 0 amide bonds. The molecule has 0 saturated carbocycles. The van der Waals surface area contributed by atoms with Crippen molar-refractivity contribution < 1.29 is 19.8 Å². The van der Waals surface area contributed by atoms with Gasteiger partial charge in [-0.1, -0.05) is 19.8 Å². The second-order valence-corrected chi connectivity index (χ2v) is 4.91. The smallest absolute Gasteiger partial charge is 0.328 e. The number of unbranched alkanes of at least 4 members (excludes halogenated alkanes) is 2. The van der Waals surface area contributed by atoms with Crippen LogP contribution in [0, 0.1) is 6.92 Å². The number of rotatable bonds is 7. The predicted octanol–water partition coefficient (Wildman–Crippen LogP) is 1.98. The van der Waals surface area contributed by atoms with Gasteiger partial charge in [0.2, 0.25) is 0 Å². The van der Waals surface area contributed by atoms with Crippen molar-refractivity contribution in [3.8, 4) is 0 Å².